The van der Waals surface area contributed by atoms with Crippen LogP contribution in [0.4, 0.5) is 11.4 Å². The van der Waals surface area contributed by atoms with Crippen molar-refractivity contribution in [1.29, 1.82) is 0 Å². The van der Waals surface area contributed by atoms with Crippen LogP contribution in [0.3, 0.4) is 0 Å². The van der Waals surface area contributed by atoms with E-state index in [-0.39, 0.29) is 6.61 Å². The van der Waals surface area contributed by atoms with E-state index in [4.69, 9.17) is 25.7 Å². The Morgan fingerprint density at radius 2 is 1.51 bits per heavy atom. The van der Waals surface area contributed by atoms with Crippen LogP contribution < -0.4 is 20.9 Å². The van der Waals surface area contributed by atoms with Crippen molar-refractivity contribution >= 4 is 29.4 Å². The molecule has 182 valence electrons. The standard InChI is InChI=1S/C28H30N2O5/c1-2-3-15-33-25-9-11-26(12-10-25)35-27(31)13-6-20-4-7-22(8-5-20)28(32)34-16-14-21-17-23(29)19-24(30)18-21/h4-13,17-19H,2-3,14-16,29-30H2,1H3/b13-6+. The highest BCUT2D eigenvalue weighted by Crippen LogP contribution is 2.18. The van der Waals surface area contributed by atoms with E-state index in [0.717, 1.165) is 29.7 Å². The fourth-order valence-corrected chi connectivity index (χ4v) is 3.22. The molecule has 0 aliphatic carbocycles. The second kappa shape index (κ2) is 12.8. The van der Waals surface area contributed by atoms with Gasteiger partial charge in [-0.15, -0.1) is 0 Å². The number of anilines is 2. The maximum Gasteiger partial charge on any atom is 0.338 e. The normalized spacial score (nSPS) is 10.8. The van der Waals surface area contributed by atoms with Gasteiger partial charge in [-0.1, -0.05) is 25.5 Å². The van der Waals surface area contributed by atoms with Crippen LogP contribution in [0, 0.1) is 0 Å². The molecular weight excluding hydrogens is 444 g/mol. The number of carbonyl (C=O) groups excluding carboxylic acids is 2. The van der Waals surface area contributed by atoms with E-state index in [1.807, 2.05) is 0 Å². The van der Waals surface area contributed by atoms with Gasteiger partial charge in [-0.05, 0) is 78.2 Å². The van der Waals surface area contributed by atoms with Crippen molar-refractivity contribution in [3.63, 3.8) is 0 Å². The molecule has 3 aromatic rings. The molecule has 3 aromatic carbocycles. The van der Waals surface area contributed by atoms with Crippen molar-refractivity contribution in [2.45, 2.75) is 26.2 Å². The zero-order chi connectivity index (χ0) is 25.0. The van der Waals surface area contributed by atoms with E-state index in [1.54, 1.807) is 72.8 Å². The Kier molecular flexibility index (Phi) is 9.31. The third-order valence-electron chi connectivity index (χ3n) is 5.03. The zero-order valence-electron chi connectivity index (χ0n) is 19.7. The highest BCUT2D eigenvalue weighted by Gasteiger charge is 2.08. The van der Waals surface area contributed by atoms with Gasteiger partial charge in [0.05, 0.1) is 18.8 Å². The first-order valence-corrected chi connectivity index (χ1v) is 11.5. The summed E-state index contributed by atoms with van der Waals surface area (Å²) in [6.07, 6.45) is 5.51. The average molecular weight is 475 g/mol. The van der Waals surface area contributed by atoms with Crippen LogP contribution in [0.25, 0.3) is 6.08 Å². The van der Waals surface area contributed by atoms with Crippen LogP contribution in [0.5, 0.6) is 11.5 Å². The van der Waals surface area contributed by atoms with Crippen LogP contribution in [-0.2, 0) is 16.0 Å². The van der Waals surface area contributed by atoms with Crippen molar-refractivity contribution in [3.05, 3.63) is 89.5 Å². The first-order chi connectivity index (χ1) is 16.9. The number of rotatable bonds is 11. The van der Waals surface area contributed by atoms with Crippen LogP contribution in [-0.4, -0.2) is 25.2 Å². The predicted octanol–water partition coefficient (Wildman–Crippen LogP) is 5.05. The molecule has 0 saturated carbocycles. The molecule has 3 rings (SSSR count). The molecule has 0 aliphatic rings. The van der Waals surface area contributed by atoms with E-state index < -0.39 is 11.9 Å². The van der Waals surface area contributed by atoms with Gasteiger partial charge in [-0.2, -0.15) is 0 Å². The van der Waals surface area contributed by atoms with E-state index in [0.29, 0.717) is 35.7 Å². The topological polar surface area (TPSA) is 114 Å². The number of esters is 2. The SMILES string of the molecule is CCCCOc1ccc(OC(=O)/C=C/c2ccc(C(=O)OCCc3cc(N)cc(N)c3)cc2)cc1. The van der Waals surface area contributed by atoms with E-state index in [2.05, 4.69) is 6.92 Å². The number of hydrogen-bond acceptors (Lipinski definition) is 7. The van der Waals surface area contributed by atoms with Crippen LogP contribution >= 0.6 is 0 Å². The lowest BCUT2D eigenvalue weighted by atomic mass is 10.1. The van der Waals surface area contributed by atoms with E-state index in [9.17, 15) is 9.59 Å². The summed E-state index contributed by atoms with van der Waals surface area (Å²) >= 11 is 0. The molecule has 0 saturated heterocycles. The summed E-state index contributed by atoms with van der Waals surface area (Å²) in [7, 11) is 0. The monoisotopic (exact) mass is 474 g/mol. The van der Waals surface area contributed by atoms with Gasteiger partial charge in [-0.3, -0.25) is 0 Å². The molecule has 0 fully saturated rings. The molecule has 0 radical (unpaired) electrons. The Balaban J connectivity index is 1.45. The summed E-state index contributed by atoms with van der Waals surface area (Å²) in [4.78, 5) is 24.4. The molecule has 0 unspecified atom stereocenters. The van der Waals surface area contributed by atoms with Crippen molar-refractivity contribution in [2.75, 3.05) is 24.7 Å². The molecule has 0 amide bonds. The fourth-order valence-electron chi connectivity index (χ4n) is 3.22. The number of ether oxygens (including phenoxy) is 3. The molecule has 0 aromatic heterocycles. The van der Waals surface area contributed by atoms with Gasteiger partial charge in [0.25, 0.3) is 0 Å². The van der Waals surface area contributed by atoms with E-state index in [1.165, 1.54) is 6.08 Å². The summed E-state index contributed by atoms with van der Waals surface area (Å²) < 4.78 is 16.2. The fraction of sp³-hybridized carbons (Fsp3) is 0.214. The molecule has 0 heterocycles. The van der Waals surface area contributed by atoms with Gasteiger partial charge in [0, 0.05) is 23.9 Å². The van der Waals surface area contributed by atoms with Crippen molar-refractivity contribution < 1.29 is 23.8 Å². The summed E-state index contributed by atoms with van der Waals surface area (Å²) in [5.74, 6) is 0.234. The molecule has 7 heteroatoms. The Morgan fingerprint density at radius 1 is 0.857 bits per heavy atom. The Morgan fingerprint density at radius 3 is 2.17 bits per heavy atom. The van der Waals surface area contributed by atoms with Gasteiger partial charge < -0.3 is 25.7 Å². The second-order valence-electron chi connectivity index (χ2n) is 7.94. The molecular formula is C28H30N2O5. The van der Waals surface area contributed by atoms with Crippen molar-refractivity contribution in [1.82, 2.24) is 0 Å². The highest BCUT2D eigenvalue weighted by atomic mass is 16.5. The summed E-state index contributed by atoms with van der Waals surface area (Å²) in [6, 6.07) is 18.9. The Labute approximate surface area is 205 Å². The molecule has 35 heavy (non-hydrogen) atoms. The van der Waals surface area contributed by atoms with Gasteiger partial charge in [0.1, 0.15) is 11.5 Å². The minimum atomic E-state index is -0.504. The smallest absolute Gasteiger partial charge is 0.338 e. The lowest BCUT2D eigenvalue weighted by molar-refractivity contribution is -0.128. The van der Waals surface area contributed by atoms with Gasteiger partial charge in [0.15, 0.2) is 0 Å². The minimum absolute atomic E-state index is 0.209. The number of nitrogen functional groups attached to an aromatic ring is 2. The van der Waals surface area contributed by atoms with Crippen LogP contribution in [0.2, 0.25) is 0 Å². The summed E-state index contributed by atoms with van der Waals surface area (Å²) in [5, 5.41) is 0. The Bertz CT molecular complexity index is 1130. The maximum atomic E-state index is 12.3. The molecule has 4 N–H and O–H groups in total. The number of unbranched alkanes of at least 4 members (excludes halogenated alkanes) is 1. The average Bonchev–Trinajstić information content (AvgIpc) is 2.84. The molecule has 0 aliphatic heterocycles. The number of benzene rings is 3. The Hall–Kier alpha value is -4.26. The summed E-state index contributed by atoms with van der Waals surface area (Å²) in [6.45, 7) is 2.97. The predicted molar refractivity (Wildman–Crippen MR) is 137 cm³/mol. The first-order valence-electron chi connectivity index (χ1n) is 11.5. The largest absolute Gasteiger partial charge is 0.494 e. The second-order valence-corrected chi connectivity index (χ2v) is 7.94. The minimum Gasteiger partial charge on any atom is -0.494 e. The third-order valence-corrected chi connectivity index (χ3v) is 5.03. The quantitative estimate of drug-likeness (QED) is 0.131. The van der Waals surface area contributed by atoms with Gasteiger partial charge in [-0.25, -0.2) is 9.59 Å². The number of hydrogen-bond donors (Lipinski definition) is 2. The highest BCUT2D eigenvalue weighted by molar-refractivity contribution is 5.91. The zero-order valence-corrected chi connectivity index (χ0v) is 19.7. The lowest BCUT2D eigenvalue weighted by Crippen LogP contribution is -2.08. The van der Waals surface area contributed by atoms with Crippen LogP contribution in [0.15, 0.2) is 72.8 Å². The van der Waals surface area contributed by atoms with Gasteiger partial charge in [0.2, 0.25) is 0 Å². The number of carbonyl (C=O) groups is 2. The molecule has 0 atom stereocenters. The first kappa shape index (κ1) is 25.4. The number of nitrogens with two attached hydrogens (primary N) is 2. The van der Waals surface area contributed by atoms with Crippen LogP contribution in [0.1, 0.15) is 41.3 Å². The van der Waals surface area contributed by atoms with Crippen molar-refractivity contribution in [3.8, 4) is 11.5 Å². The van der Waals surface area contributed by atoms with E-state index >= 15 is 0 Å². The molecule has 0 spiro atoms. The lowest BCUT2D eigenvalue weighted by Gasteiger charge is -2.07. The maximum absolute atomic E-state index is 12.3. The third kappa shape index (κ3) is 8.55. The molecule has 7 nitrogen and oxygen atoms in total. The molecule has 0 bridgehead atoms. The van der Waals surface area contributed by atoms with Crippen molar-refractivity contribution in [2.24, 2.45) is 0 Å². The van der Waals surface area contributed by atoms with Gasteiger partial charge >= 0.3 is 11.9 Å². The summed E-state index contributed by atoms with van der Waals surface area (Å²) in [5.41, 5.74) is 14.8.